The molecule has 0 radical (unpaired) electrons. The number of rotatable bonds is 0. The van der Waals surface area contributed by atoms with Crippen LogP contribution in [-0.2, 0) is 0 Å². The topological polar surface area (TPSA) is 12.0 Å². The van der Waals surface area contributed by atoms with Crippen LogP contribution in [0.1, 0.15) is 109 Å². The smallest absolute Gasteiger partial charge is 0.00697 e. The minimum atomic E-state index is 0.836. The summed E-state index contributed by atoms with van der Waals surface area (Å²) in [6.07, 6.45) is 25.4. The molecule has 3 fully saturated rings. The zero-order valence-electron chi connectivity index (χ0n) is 14.8. The van der Waals surface area contributed by atoms with Gasteiger partial charge >= 0.3 is 0 Å². The molecule has 0 aromatic heterocycles. The molecule has 1 heterocycles. The maximum Gasteiger partial charge on any atom is 0.00697 e. The van der Waals surface area contributed by atoms with Gasteiger partial charge in [-0.2, -0.15) is 0 Å². The number of hydrogen-bond acceptors (Lipinski definition) is 1. The fourth-order valence-corrected chi connectivity index (χ4v) is 5.42. The van der Waals surface area contributed by atoms with Gasteiger partial charge in [-0.05, 0) is 56.8 Å². The van der Waals surface area contributed by atoms with Crippen molar-refractivity contribution in [2.45, 2.75) is 121 Å². The normalized spacial score (nSPS) is 39.3. The van der Waals surface area contributed by atoms with Gasteiger partial charge < -0.3 is 5.32 Å². The minimum Gasteiger partial charge on any atom is -0.311 e. The van der Waals surface area contributed by atoms with E-state index < -0.39 is 0 Å². The Morgan fingerprint density at radius 2 is 0.864 bits per heavy atom. The summed E-state index contributed by atoms with van der Waals surface area (Å²) in [6, 6.07) is 1.68. The van der Waals surface area contributed by atoms with E-state index in [0.717, 1.165) is 23.9 Å². The molecule has 4 unspecified atom stereocenters. The summed E-state index contributed by atoms with van der Waals surface area (Å²) in [6.45, 7) is 0. The largest absolute Gasteiger partial charge is 0.311 e. The third-order valence-corrected chi connectivity index (χ3v) is 6.81. The van der Waals surface area contributed by atoms with E-state index in [0.29, 0.717) is 0 Å². The van der Waals surface area contributed by atoms with Gasteiger partial charge in [0.1, 0.15) is 0 Å². The molecule has 1 aliphatic heterocycles. The van der Waals surface area contributed by atoms with Crippen molar-refractivity contribution in [3.63, 3.8) is 0 Å². The molecule has 0 aromatic carbocycles. The van der Waals surface area contributed by atoms with Crippen LogP contribution in [0.15, 0.2) is 0 Å². The molecule has 1 N–H and O–H groups in total. The van der Waals surface area contributed by atoms with Gasteiger partial charge in [-0.1, -0.05) is 64.2 Å². The molecule has 2 saturated carbocycles. The van der Waals surface area contributed by atoms with Crippen molar-refractivity contribution >= 4 is 0 Å². The van der Waals surface area contributed by atoms with Gasteiger partial charge in [-0.25, -0.2) is 0 Å². The molecule has 4 bridgehead atoms. The molecule has 3 aliphatic rings. The molecule has 0 aromatic rings. The van der Waals surface area contributed by atoms with Crippen LogP contribution in [0.4, 0.5) is 0 Å². The molecule has 1 saturated heterocycles. The molecular weight excluding hydrogens is 266 g/mol. The Morgan fingerprint density at radius 1 is 0.409 bits per heavy atom. The van der Waals surface area contributed by atoms with E-state index >= 15 is 0 Å². The molecule has 1 heteroatoms. The fourth-order valence-electron chi connectivity index (χ4n) is 5.42. The molecule has 128 valence electrons. The SMILES string of the molecule is C1CCCC2CCC(CCC1)NC1CCCCCC(CC1)C2. The summed E-state index contributed by atoms with van der Waals surface area (Å²) in [5.74, 6) is 2.10. The summed E-state index contributed by atoms with van der Waals surface area (Å²) < 4.78 is 0. The van der Waals surface area contributed by atoms with Gasteiger partial charge in [0.2, 0.25) is 0 Å². The quantitative estimate of drug-likeness (QED) is 0.560. The van der Waals surface area contributed by atoms with Crippen LogP contribution in [0.25, 0.3) is 0 Å². The van der Waals surface area contributed by atoms with E-state index in [1.54, 1.807) is 6.42 Å². The average Bonchev–Trinajstić information content (AvgIpc) is 2.60. The maximum absolute atomic E-state index is 4.13. The van der Waals surface area contributed by atoms with Gasteiger partial charge in [-0.15, -0.1) is 0 Å². The Kier molecular flexibility index (Phi) is 7.11. The highest BCUT2D eigenvalue weighted by Crippen LogP contribution is 2.34. The lowest BCUT2D eigenvalue weighted by Crippen LogP contribution is -2.39. The maximum atomic E-state index is 4.13. The van der Waals surface area contributed by atoms with Gasteiger partial charge in [0.15, 0.2) is 0 Å². The molecular formula is C21H39N. The average molecular weight is 306 g/mol. The predicted octanol–water partition coefficient (Wildman–Crippen LogP) is 6.22. The predicted molar refractivity (Wildman–Crippen MR) is 96.2 cm³/mol. The van der Waals surface area contributed by atoms with Crippen molar-refractivity contribution in [2.24, 2.45) is 11.8 Å². The number of nitrogens with one attached hydrogen (secondary N) is 1. The Balaban J connectivity index is 1.70. The van der Waals surface area contributed by atoms with E-state index in [1.807, 2.05) is 0 Å². The first-order chi connectivity index (χ1) is 10.9. The van der Waals surface area contributed by atoms with Crippen LogP contribution >= 0.6 is 0 Å². The van der Waals surface area contributed by atoms with Crippen molar-refractivity contribution in [1.29, 1.82) is 0 Å². The Bertz CT molecular complexity index is 272. The van der Waals surface area contributed by atoms with Crippen molar-refractivity contribution in [1.82, 2.24) is 5.32 Å². The number of fused-ring (bicyclic) bond motifs is 6. The second-order valence-corrected chi connectivity index (χ2v) is 8.67. The van der Waals surface area contributed by atoms with E-state index in [9.17, 15) is 0 Å². The molecule has 0 spiro atoms. The van der Waals surface area contributed by atoms with Crippen molar-refractivity contribution in [3.05, 3.63) is 0 Å². The standard InChI is InChI=1S/C21H39N/c1-2-5-9-18-13-15-20(11-7-3-1)22-21-12-8-4-6-10-19(17-18)14-16-21/h18-22H,1-17H2. The lowest BCUT2D eigenvalue weighted by molar-refractivity contribution is 0.246. The van der Waals surface area contributed by atoms with Crippen LogP contribution in [0, 0.1) is 11.8 Å². The van der Waals surface area contributed by atoms with Crippen LogP contribution in [0.3, 0.4) is 0 Å². The Hall–Kier alpha value is -0.0400. The lowest BCUT2D eigenvalue weighted by Gasteiger charge is -2.31. The first-order valence-corrected chi connectivity index (χ1v) is 10.7. The highest BCUT2D eigenvalue weighted by atomic mass is 14.9. The third-order valence-electron chi connectivity index (χ3n) is 6.81. The Labute approximate surface area is 139 Å². The molecule has 22 heavy (non-hydrogen) atoms. The number of hydrogen-bond donors (Lipinski definition) is 1. The summed E-state index contributed by atoms with van der Waals surface area (Å²) in [7, 11) is 0. The van der Waals surface area contributed by atoms with E-state index in [-0.39, 0.29) is 0 Å². The zero-order valence-corrected chi connectivity index (χ0v) is 14.8. The van der Waals surface area contributed by atoms with Gasteiger partial charge in [-0.3, -0.25) is 0 Å². The molecule has 4 atom stereocenters. The van der Waals surface area contributed by atoms with E-state index in [1.165, 1.54) is 103 Å². The van der Waals surface area contributed by atoms with Crippen molar-refractivity contribution in [3.8, 4) is 0 Å². The summed E-state index contributed by atoms with van der Waals surface area (Å²) in [5, 5.41) is 4.13. The zero-order chi connectivity index (χ0) is 15.0. The molecule has 1 nitrogen and oxygen atoms in total. The Morgan fingerprint density at radius 3 is 1.45 bits per heavy atom. The second kappa shape index (κ2) is 9.30. The third kappa shape index (κ3) is 5.55. The van der Waals surface area contributed by atoms with Gasteiger partial charge in [0.25, 0.3) is 0 Å². The summed E-state index contributed by atoms with van der Waals surface area (Å²) in [4.78, 5) is 0. The highest BCUT2D eigenvalue weighted by Gasteiger charge is 2.24. The molecule has 2 aliphatic carbocycles. The first kappa shape index (κ1) is 16.8. The second-order valence-electron chi connectivity index (χ2n) is 8.67. The highest BCUT2D eigenvalue weighted by molar-refractivity contribution is 4.81. The van der Waals surface area contributed by atoms with Crippen LogP contribution in [0.5, 0.6) is 0 Å². The monoisotopic (exact) mass is 305 g/mol. The van der Waals surface area contributed by atoms with E-state index in [2.05, 4.69) is 5.32 Å². The van der Waals surface area contributed by atoms with Gasteiger partial charge in [0, 0.05) is 12.1 Å². The molecule has 0 amide bonds. The lowest BCUT2D eigenvalue weighted by atomic mass is 9.81. The first-order valence-electron chi connectivity index (χ1n) is 10.7. The minimum absolute atomic E-state index is 0.836. The van der Waals surface area contributed by atoms with Crippen LogP contribution in [-0.4, -0.2) is 12.1 Å². The van der Waals surface area contributed by atoms with Crippen LogP contribution < -0.4 is 5.32 Å². The fraction of sp³-hybridized carbons (Fsp3) is 1.00. The van der Waals surface area contributed by atoms with Gasteiger partial charge in [0.05, 0.1) is 0 Å². The van der Waals surface area contributed by atoms with Crippen LogP contribution in [0.2, 0.25) is 0 Å². The van der Waals surface area contributed by atoms with Crippen molar-refractivity contribution in [2.75, 3.05) is 0 Å². The van der Waals surface area contributed by atoms with Crippen molar-refractivity contribution < 1.29 is 0 Å². The van der Waals surface area contributed by atoms with E-state index in [4.69, 9.17) is 0 Å². The summed E-state index contributed by atoms with van der Waals surface area (Å²) in [5.41, 5.74) is 0. The molecule has 3 rings (SSSR count). The summed E-state index contributed by atoms with van der Waals surface area (Å²) >= 11 is 0.